The van der Waals surface area contributed by atoms with Crippen molar-refractivity contribution in [2.24, 2.45) is 5.92 Å². The molecule has 1 heterocycles. The molecule has 2 aromatic rings. The lowest BCUT2D eigenvalue weighted by Gasteiger charge is -2.28. The average Bonchev–Trinajstić information content (AvgIpc) is 2.69. The molecule has 1 fully saturated rings. The second-order valence-corrected chi connectivity index (χ2v) is 7.37. The number of hydrogen-bond donors (Lipinski definition) is 4. The highest BCUT2D eigenvalue weighted by Crippen LogP contribution is 2.20. The molecule has 0 radical (unpaired) electrons. The first-order valence-corrected chi connectivity index (χ1v) is 9.78. The van der Waals surface area contributed by atoms with E-state index in [1.54, 1.807) is 0 Å². The Morgan fingerprint density at radius 3 is 2.24 bits per heavy atom. The molecule has 1 saturated heterocycles. The minimum atomic E-state index is -0.291. The number of urea groups is 1. The number of anilines is 2. The molecule has 0 bridgehead atoms. The standard InChI is InChI=1S/C22H28N4O2.ClH/c1-15-14-18(12-13-23-15)21(27)24-16(2)17-8-10-20(11-9-17)26-22(28)25-19-6-4-3-5-7-19;/h3-11,15-16,18,23H,12-14H2,1-2H3,(H,24,27)(H2,25,26,28);1H/t15-,16?,18-;/m0./s1. The maximum Gasteiger partial charge on any atom is 0.323 e. The third-order valence-electron chi connectivity index (χ3n) is 5.05. The van der Waals surface area contributed by atoms with E-state index in [4.69, 9.17) is 0 Å². The van der Waals surface area contributed by atoms with Gasteiger partial charge in [-0.3, -0.25) is 4.79 Å². The third-order valence-corrected chi connectivity index (χ3v) is 5.05. The van der Waals surface area contributed by atoms with E-state index >= 15 is 0 Å². The second-order valence-electron chi connectivity index (χ2n) is 7.37. The minimum absolute atomic E-state index is 0. The molecule has 0 aliphatic carbocycles. The van der Waals surface area contributed by atoms with Crippen LogP contribution >= 0.6 is 12.4 Å². The number of carbonyl (C=O) groups excluding carboxylic acids is 2. The summed E-state index contributed by atoms with van der Waals surface area (Å²) >= 11 is 0. The topological polar surface area (TPSA) is 82.3 Å². The molecular formula is C22H29ClN4O2. The van der Waals surface area contributed by atoms with Gasteiger partial charge in [0.1, 0.15) is 0 Å². The van der Waals surface area contributed by atoms with Gasteiger partial charge < -0.3 is 21.3 Å². The largest absolute Gasteiger partial charge is 0.349 e. The highest BCUT2D eigenvalue weighted by atomic mass is 35.5. The van der Waals surface area contributed by atoms with Crippen LogP contribution in [0, 0.1) is 5.92 Å². The van der Waals surface area contributed by atoms with Crippen molar-refractivity contribution < 1.29 is 9.59 Å². The lowest BCUT2D eigenvalue weighted by Crippen LogP contribution is -2.42. The van der Waals surface area contributed by atoms with Crippen LogP contribution < -0.4 is 21.3 Å². The van der Waals surface area contributed by atoms with Gasteiger partial charge in [-0.2, -0.15) is 0 Å². The van der Waals surface area contributed by atoms with Gasteiger partial charge in [0, 0.05) is 23.3 Å². The number of nitrogens with one attached hydrogen (secondary N) is 4. The Morgan fingerprint density at radius 1 is 1.00 bits per heavy atom. The summed E-state index contributed by atoms with van der Waals surface area (Å²) in [6.45, 7) is 4.98. The van der Waals surface area contributed by atoms with E-state index in [0.717, 1.165) is 30.6 Å². The Bertz CT molecular complexity index is 798. The van der Waals surface area contributed by atoms with Crippen LogP contribution in [0.1, 0.15) is 38.3 Å². The summed E-state index contributed by atoms with van der Waals surface area (Å²) in [5, 5.41) is 12.1. The lowest BCUT2D eigenvalue weighted by atomic mass is 9.92. The summed E-state index contributed by atoms with van der Waals surface area (Å²) in [6.07, 6.45) is 1.75. The van der Waals surface area contributed by atoms with E-state index in [0.29, 0.717) is 11.7 Å². The molecule has 1 aliphatic rings. The van der Waals surface area contributed by atoms with Crippen LogP contribution in [0.25, 0.3) is 0 Å². The third kappa shape index (κ3) is 6.76. The SMILES string of the molecule is CC(NC(=O)[C@H]1CCN[C@@H](C)C1)c1ccc(NC(=O)Nc2ccccc2)cc1.Cl. The van der Waals surface area contributed by atoms with E-state index in [-0.39, 0.29) is 36.3 Å². The van der Waals surface area contributed by atoms with Crippen molar-refractivity contribution in [1.82, 2.24) is 10.6 Å². The van der Waals surface area contributed by atoms with Crippen LogP contribution in [0.15, 0.2) is 54.6 Å². The molecule has 0 spiro atoms. The zero-order chi connectivity index (χ0) is 19.9. The zero-order valence-corrected chi connectivity index (χ0v) is 17.6. The predicted octanol–water partition coefficient (Wildman–Crippen LogP) is 4.32. The molecule has 0 aromatic heterocycles. The quantitative estimate of drug-likeness (QED) is 0.585. The monoisotopic (exact) mass is 416 g/mol. The molecule has 2 aromatic carbocycles. The predicted molar refractivity (Wildman–Crippen MR) is 120 cm³/mol. The Morgan fingerprint density at radius 2 is 1.62 bits per heavy atom. The van der Waals surface area contributed by atoms with E-state index < -0.39 is 0 Å². The van der Waals surface area contributed by atoms with Crippen LogP contribution in [0.5, 0.6) is 0 Å². The van der Waals surface area contributed by atoms with Crippen molar-refractivity contribution in [3.8, 4) is 0 Å². The van der Waals surface area contributed by atoms with Crippen molar-refractivity contribution in [2.45, 2.75) is 38.8 Å². The summed E-state index contributed by atoms with van der Waals surface area (Å²) in [7, 11) is 0. The highest BCUT2D eigenvalue weighted by molar-refractivity contribution is 5.99. The van der Waals surface area contributed by atoms with Gasteiger partial charge in [-0.05, 0) is 63.1 Å². The minimum Gasteiger partial charge on any atom is -0.349 e. The number of halogens is 1. The maximum atomic E-state index is 12.5. The number of hydrogen-bond acceptors (Lipinski definition) is 3. The molecule has 3 atom stereocenters. The van der Waals surface area contributed by atoms with Crippen LogP contribution in [0.3, 0.4) is 0 Å². The van der Waals surface area contributed by atoms with Crippen LogP contribution in [-0.2, 0) is 4.79 Å². The first-order chi connectivity index (χ1) is 13.5. The van der Waals surface area contributed by atoms with E-state index in [1.807, 2.05) is 61.5 Å². The van der Waals surface area contributed by atoms with Crippen LogP contribution in [0.2, 0.25) is 0 Å². The van der Waals surface area contributed by atoms with Gasteiger partial charge in [0.15, 0.2) is 0 Å². The normalized spacial score (nSPS) is 19.4. The van der Waals surface area contributed by atoms with Crippen molar-refractivity contribution in [2.75, 3.05) is 17.2 Å². The summed E-state index contributed by atoms with van der Waals surface area (Å²) in [5.41, 5.74) is 2.44. The molecule has 29 heavy (non-hydrogen) atoms. The molecule has 4 N–H and O–H groups in total. The Kier molecular flexibility index (Phi) is 8.49. The van der Waals surface area contributed by atoms with Crippen molar-refractivity contribution >= 4 is 35.7 Å². The smallest absolute Gasteiger partial charge is 0.323 e. The Hall–Kier alpha value is -2.57. The molecule has 3 amide bonds. The molecule has 1 unspecified atom stereocenters. The van der Waals surface area contributed by atoms with Crippen molar-refractivity contribution in [1.29, 1.82) is 0 Å². The average molecular weight is 417 g/mol. The highest BCUT2D eigenvalue weighted by Gasteiger charge is 2.25. The fourth-order valence-electron chi connectivity index (χ4n) is 3.45. The van der Waals surface area contributed by atoms with Crippen molar-refractivity contribution in [3.63, 3.8) is 0 Å². The van der Waals surface area contributed by atoms with Gasteiger partial charge in [0.05, 0.1) is 6.04 Å². The van der Waals surface area contributed by atoms with Crippen LogP contribution in [0.4, 0.5) is 16.2 Å². The number of piperidine rings is 1. The van der Waals surface area contributed by atoms with Gasteiger partial charge in [0.2, 0.25) is 5.91 Å². The van der Waals surface area contributed by atoms with Gasteiger partial charge >= 0.3 is 6.03 Å². The molecular weight excluding hydrogens is 388 g/mol. The summed E-state index contributed by atoms with van der Waals surface area (Å²) in [4.78, 5) is 24.6. The Balaban J connectivity index is 0.00000300. The van der Waals surface area contributed by atoms with Gasteiger partial charge in [-0.25, -0.2) is 4.79 Å². The number of para-hydroxylation sites is 1. The lowest BCUT2D eigenvalue weighted by molar-refractivity contribution is -0.126. The zero-order valence-electron chi connectivity index (χ0n) is 16.8. The van der Waals surface area contributed by atoms with E-state index in [2.05, 4.69) is 28.2 Å². The fourth-order valence-corrected chi connectivity index (χ4v) is 3.45. The van der Waals surface area contributed by atoms with Gasteiger partial charge in [-0.1, -0.05) is 30.3 Å². The number of carbonyl (C=O) groups is 2. The number of rotatable bonds is 5. The molecule has 6 nitrogen and oxygen atoms in total. The number of amides is 3. The number of benzene rings is 2. The molecule has 156 valence electrons. The molecule has 3 rings (SSSR count). The fraction of sp³-hybridized carbons (Fsp3) is 0.364. The first kappa shape index (κ1) is 22.7. The van der Waals surface area contributed by atoms with Gasteiger partial charge in [0.25, 0.3) is 0 Å². The molecule has 7 heteroatoms. The van der Waals surface area contributed by atoms with Crippen molar-refractivity contribution in [3.05, 3.63) is 60.2 Å². The van der Waals surface area contributed by atoms with E-state index in [9.17, 15) is 9.59 Å². The maximum absolute atomic E-state index is 12.5. The summed E-state index contributed by atoms with van der Waals surface area (Å²) in [6, 6.07) is 16.8. The second kappa shape index (κ2) is 10.8. The summed E-state index contributed by atoms with van der Waals surface area (Å²) in [5.74, 6) is 0.187. The Labute approximate surface area is 178 Å². The molecule has 1 aliphatic heterocycles. The van der Waals surface area contributed by atoms with Crippen LogP contribution in [-0.4, -0.2) is 24.5 Å². The molecule has 0 saturated carbocycles. The summed E-state index contributed by atoms with van der Waals surface area (Å²) < 4.78 is 0. The van der Waals surface area contributed by atoms with E-state index in [1.165, 1.54) is 0 Å². The van der Waals surface area contributed by atoms with Gasteiger partial charge in [-0.15, -0.1) is 12.4 Å². The first-order valence-electron chi connectivity index (χ1n) is 9.78.